The van der Waals surface area contributed by atoms with Crippen LogP contribution in [0.2, 0.25) is 0 Å². The van der Waals surface area contributed by atoms with E-state index in [1.165, 1.54) is 16.7 Å². The Morgan fingerprint density at radius 2 is 2.20 bits per heavy atom. The van der Waals surface area contributed by atoms with E-state index in [4.69, 9.17) is 0 Å². The number of rotatable bonds is 5. The molecule has 2 atom stereocenters. The number of carboxylic acid groups (broad SMARTS) is 1. The Bertz CT molecular complexity index is 506. The lowest BCUT2D eigenvalue weighted by molar-refractivity contribution is -0.141. The fourth-order valence-corrected chi connectivity index (χ4v) is 4.23. The van der Waals surface area contributed by atoms with Crippen molar-refractivity contribution in [3.63, 3.8) is 0 Å². The standard InChI is InChI=1S/C12H17N3O3S2/c1-3-5-7-10(20-14-13-7)11(16)15-8(12(17)18)6-19-9(15)4-2/h8-9H,3-6H2,1-2H3,(H,17,18). The molecule has 1 N–H and O–H groups in total. The van der Waals surface area contributed by atoms with Gasteiger partial charge in [0.25, 0.3) is 5.91 Å². The maximum Gasteiger partial charge on any atom is 0.327 e. The van der Waals surface area contributed by atoms with Gasteiger partial charge in [-0.2, -0.15) is 0 Å². The minimum atomic E-state index is -0.948. The van der Waals surface area contributed by atoms with Crippen molar-refractivity contribution >= 4 is 35.2 Å². The lowest BCUT2D eigenvalue weighted by atomic mass is 10.2. The molecule has 1 aromatic rings. The van der Waals surface area contributed by atoms with Crippen LogP contribution in [0.25, 0.3) is 0 Å². The van der Waals surface area contributed by atoms with E-state index in [9.17, 15) is 14.7 Å². The summed E-state index contributed by atoms with van der Waals surface area (Å²) < 4.78 is 3.84. The van der Waals surface area contributed by atoms with Gasteiger partial charge in [-0.1, -0.05) is 24.8 Å². The molecule has 110 valence electrons. The van der Waals surface area contributed by atoms with Gasteiger partial charge in [-0.15, -0.1) is 16.9 Å². The van der Waals surface area contributed by atoms with Crippen molar-refractivity contribution in [3.05, 3.63) is 10.6 Å². The Hall–Kier alpha value is -1.15. The molecule has 0 saturated carbocycles. The van der Waals surface area contributed by atoms with E-state index >= 15 is 0 Å². The van der Waals surface area contributed by atoms with Gasteiger partial charge in [0.1, 0.15) is 10.9 Å². The number of aryl methyl sites for hydroxylation is 1. The van der Waals surface area contributed by atoms with E-state index in [1.54, 1.807) is 0 Å². The highest BCUT2D eigenvalue weighted by Gasteiger charge is 2.42. The highest BCUT2D eigenvalue weighted by atomic mass is 32.2. The van der Waals surface area contributed by atoms with Crippen LogP contribution >= 0.6 is 23.3 Å². The molecule has 6 nitrogen and oxygen atoms in total. The monoisotopic (exact) mass is 315 g/mol. The molecule has 0 spiro atoms. The zero-order valence-electron chi connectivity index (χ0n) is 11.4. The summed E-state index contributed by atoms with van der Waals surface area (Å²) >= 11 is 2.58. The van der Waals surface area contributed by atoms with Gasteiger partial charge in [0, 0.05) is 5.75 Å². The fourth-order valence-electron chi connectivity index (χ4n) is 2.23. The molecule has 1 aliphatic heterocycles. The molecular formula is C12H17N3O3S2. The molecule has 0 aromatic carbocycles. The number of aliphatic carboxylic acids is 1. The Balaban J connectivity index is 2.28. The molecule has 2 unspecified atom stereocenters. The van der Waals surface area contributed by atoms with Crippen LogP contribution < -0.4 is 0 Å². The van der Waals surface area contributed by atoms with Gasteiger partial charge in [0.15, 0.2) is 0 Å². The Labute approximate surface area is 125 Å². The van der Waals surface area contributed by atoms with Gasteiger partial charge in [-0.3, -0.25) is 4.79 Å². The number of hydrogen-bond donors (Lipinski definition) is 1. The van der Waals surface area contributed by atoms with Gasteiger partial charge >= 0.3 is 5.97 Å². The maximum absolute atomic E-state index is 12.7. The van der Waals surface area contributed by atoms with Crippen molar-refractivity contribution in [1.82, 2.24) is 14.5 Å². The number of aromatic nitrogens is 2. The molecule has 1 amide bonds. The lowest BCUT2D eigenvalue weighted by Crippen LogP contribution is -2.45. The summed E-state index contributed by atoms with van der Waals surface area (Å²) in [7, 11) is 0. The van der Waals surface area contributed by atoms with E-state index in [1.807, 2.05) is 13.8 Å². The molecular weight excluding hydrogens is 298 g/mol. The SMILES string of the molecule is CCCc1nnsc1C(=O)N1C(CC)SCC1C(=O)O. The van der Waals surface area contributed by atoms with Crippen molar-refractivity contribution < 1.29 is 14.7 Å². The number of nitrogens with zero attached hydrogens (tertiary/aromatic N) is 3. The molecule has 20 heavy (non-hydrogen) atoms. The second kappa shape index (κ2) is 6.53. The summed E-state index contributed by atoms with van der Waals surface area (Å²) in [5, 5.41) is 13.2. The molecule has 1 saturated heterocycles. The largest absolute Gasteiger partial charge is 0.480 e. The maximum atomic E-state index is 12.7. The van der Waals surface area contributed by atoms with Crippen LogP contribution in [0.4, 0.5) is 0 Å². The van der Waals surface area contributed by atoms with Crippen molar-refractivity contribution in [1.29, 1.82) is 0 Å². The third-order valence-electron chi connectivity index (χ3n) is 3.20. The van der Waals surface area contributed by atoms with Crippen LogP contribution in [0.3, 0.4) is 0 Å². The highest BCUT2D eigenvalue weighted by molar-refractivity contribution is 8.00. The first kappa shape index (κ1) is 15.2. The molecule has 2 heterocycles. The summed E-state index contributed by atoms with van der Waals surface area (Å²) in [6.45, 7) is 3.97. The van der Waals surface area contributed by atoms with E-state index < -0.39 is 12.0 Å². The van der Waals surface area contributed by atoms with Crippen LogP contribution in [-0.4, -0.2) is 48.6 Å². The number of carbonyl (C=O) groups excluding carboxylic acids is 1. The first-order valence-corrected chi connectivity index (χ1v) is 8.40. The summed E-state index contributed by atoms with van der Waals surface area (Å²) in [5.74, 6) is -0.751. The topological polar surface area (TPSA) is 83.4 Å². The predicted octanol–water partition coefficient (Wildman–Crippen LogP) is 1.87. The second-order valence-corrected chi connectivity index (χ2v) is 6.53. The number of carboxylic acids is 1. The summed E-state index contributed by atoms with van der Waals surface area (Å²) in [4.78, 5) is 26.0. The van der Waals surface area contributed by atoms with Crippen LogP contribution in [0.5, 0.6) is 0 Å². The van der Waals surface area contributed by atoms with Crippen molar-refractivity contribution in [2.24, 2.45) is 0 Å². The number of thioether (sulfide) groups is 1. The van der Waals surface area contributed by atoms with Crippen molar-refractivity contribution in [2.45, 2.75) is 44.5 Å². The molecule has 2 rings (SSSR count). The summed E-state index contributed by atoms with van der Waals surface area (Å²) in [6, 6.07) is -0.756. The number of carbonyl (C=O) groups is 2. The predicted molar refractivity (Wildman–Crippen MR) is 78.0 cm³/mol. The van der Waals surface area contributed by atoms with Gasteiger partial charge < -0.3 is 10.0 Å². The highest BCUT2D eigenvalue weighted by Crippen LogP contribution is 2.33. The van der Waals surface area contributed by atoms with Gasteiger partial charge in [0.05, 0.1) is 11.1 Å². The molecule has 8 heteroatoms. The summed E-state index contributed by atoms with van der Waals surface area (Å²) in [6.07, 6.45) is 2.29. The van der Waals surface area contributed by atoms with Crippen LogP contribution in [0.1, 0.15) is 42.1 Å². The Kier molecular flexibility index (Phi) is 4.98. The Morgan fingerprint density at radius 3 is 2.80 bits per heavy atom. The zero-order chi connectivity index (χ0) is 14.7. The first-order chi connectivity index (χ1) is 9.60. The molecule has 1 aromatic heterocycles. The Morgan fingerprint density at radius 1 is 1.45 bits per heavy atom. The molecule has 1 fully saturated rings. The smallest absolute Gasteiger partial charge is 0.327 e. The number of amides is 1. The minimum Gasteiger partial charge on any atom is -0.480 e. The van der Waals surface area contributed by atoms with E-state index in [0.717, 1.165) is 24.4 Å². The zero-order valence-corrected chi connectivity index (χ0v) is 13.0. The average molecular weight is 315 g/mol. The minimum absolute atomic E-state index is 0.0832. The average Bonchev–Trinajstić information content (AvgIpc) is 3.04. The first-order valence-electron chi connectivity index (χ1n) is 6.58. The van der Waals surface area contributed by atoms with Crippen LogP contribution in [0, 0.1) is 0 Å². The van der Waals surface area contributed by atoms with E-state index in [2.05, 4.69) is 9.59 Å². The van der Waals surface area contributed by atoms with Gasteiger partial charge in [-0.05, 0) is 24.4 Å². The van der Waals surface area contributed by atoms with Crippen LogP contribution in [0.15, 0.2) is 0 Å². The lowest BCUT2D eigenvalue weighted by Gasteiger charge is -2.26. The van der Waals surface area contributed by atoms with Gasteiger partial charge in [-0.25, -0.2) is 4.79 Å². The second-order valence-electron chi connectivity index (χ2n) is 4.56. The van der Waals surface area contributed by atoms with E-state index in [0.29, 0.717) is 22.7 Å². The fraction of sp³-hybridized carbons (Fsp3) is 0.667. The van der Waals surface area contributed by atoms with Crippen molar-refractivity contribution in [2.75, 3.05) is 5.75 Å². The van der Waals surface area contributed by atoms with Crippen LogP contribution in [-0.2, 0) is 11.2 Å². The summed E-state index contributed by atoms with van der Waals surface area (Å²) in [5.41, 5.74) is 0.679. The third-order valence-corrected chi connectivity index (χ3v) is 5.41. The molecule has 0 aliphatic carbocycles. The third kappa shape index (κ3) is 2.80. The molecule has 1 aliphatic rings. The quantitative estimate of drug-likeness (QED) is 0.893. The van der Waals surface area contributed by atoms with E-state index in [-0.39, 0.29) is 11.3 Å². The molecule has 0 radical (unpaired) electrons. The number of hydrogen-bond acceptors (Lipinski definition) is 6. The normalized spacial score (nSPS) is 22.2. The van der Waals surface area contributed by atoms with Gasteiger partial charge in [0.2, 0.25) is 0 Å². The molecule has 0 bridgehead atoms. The van der Waals surface area contributed by atoms with Crippen molar-refractivity contribution in [3.8, 4) is 0 Å².